The highest BCUT2D eigenvalue weighted by atomic mass is 15.1. The number of rotatable bonds is 5. The van der Waals surface area contributed by atoms with Gasteiger partial charge in [0.05, 0.1) is 27.9 Å². The van der Waals surface area contributed by atoms with Gasteiger partial charge in [-0.25, -0.2) is 15.0 Å². The molecule has 0 bridgehead atoms. The summed E-state index contributed by atoms with van der Waals surface area (Å²) in [5.41, 5.74) is 12.3. The van der Waals surface area contributed by atoms with Crippen LogP contribution in [0.4, 0.5) is 0 Å². The fourth-order valence-corrected chi connectivity index (χ4v) is 7.14. The molecule has 0 unspecified atom stereocenters. The van der Waals surface area contributed by atoms with Crippen LogP contribution in [-0.2, 0) is 0 Å². The van der Waals surface area contributed by atoms with Crippen LogP contribution in [0.25, 0.3) is 89.1 Å². The highest BCUT2D eigenvalue weighted by Crippen LogP contribution is 2.40. The third-order valence-corrected chi connectivity index (χ3v) is 9.55. The largest absolute Gasteiger partial charge is 0.306 e. The van der Waals surface area contributed by atoms with E-state index in [2.05, 4.69) is 155 Å². The molecule has 6 aromatic carbocycles. The molecule has 4 heterocycles. The van der Waals surface area contributed by atoms with E-state index in [4.69, 9.17) is 15.0 Å². The summed E-state index contributed by atoms with van der Waals surface area (Å²) in [6.07, 6.45) is 4.25. The molecule has 0 fully saturated rings. The molecule has 0 atom stereocenters. The normalized spacial score (nSPS) is 11.6. The Labute approximate surface area is 288 Å². The lowest BCUT2D eigenvalue weighted by Gasteiger charge is -2.12. The van der Waals surface area contributed by atoms with Crippen molar-refractivity contribution in [2.45, 2.75) is 0 Å². The third-order valence-electron chi connectivity index (χ3n) is 9.55. The number of hydrogen-bond donors (Lipinski definition) is 0. The van der Waals surface area contributed by atoms with E-state index in [9.17, 15) is 0 Å². The van der Waals surface area contributed by atoms with E-state index in [0.29, 0.717) is 0 Å². The fourth-order valence-electron chi connectivity index (χ4n) is 7.14. The number of aromatic nitrogens is 5. The van der Waals surface area contributed by atoms with Crippen LogP contribution >= 0.6 is 0 Å². The molecule has 0 N–H and O–H groups in total. The first-order chi connectivity index (χ1) is 24.8. The number of benzene rings is 6. The second-order valence-corrected chi connectivity index (χ2v) is 12.6. The Morgan fingerprint density at radius 2 is 1.08 bits per heavy atom. The molecule has 0 aliphatic rings. The van der Waals surface area contributed by atoms with E-state index in [1.165, 1.54) is 0 Å². The van der Waals surface area contributed by atoms with Crippen molar-refractivity contribution in [1.82, 2.24) is 23.9 Å². The molecule has 5 heteroatoms. The van der Waals surface area contributed by atoms with Gasteiger partial charge in [-0.2, -0.15) is 0 Å². The van der Waals surface area contributed by atoms with E-state index in [1.54, 1.807) is 0 Å². The Balaban J connectivity index is 1.16. The number of pyridine rings is 2. The number of hydrogen-bond acceptors (Lipinski definition) is 3. The molecule has 50 heavy (non-hydrogen) atoms. The summed E-state index contributed by atoms with van der Waals surface area (Å²) in [5.74, 6) is 0.902. The Hall–Kier alpha value is -6.85. The Kier molecular flexibility index (Phi) is 6.42. The van der Waals surface area contributed by atoms with Crippen LogP contribution in [0, 0.1) is 0 Å². The summed E-state index contributed by atoms with van der Waals surface area (Å²) >= 11 is 0. The van der Waals surface area contributed by atoms with Gasteiger partial charge in [-0.1, -0.05) is 127 Å². The van der Waals surface area contributed by atoms with Gasteiger partial charge in [0, 0.05) is 45.5 Å². The van der Waals surface area contributed by atoms with Gasteiger partial charge in [-0.15, -0.1) is 0 Å². The van der Waals surface area contributed by atoms with Crippen LogP contribution in [0.1, 0.15) is 0 Å². The number of nitrogens with zero attached hydrogens (tertiary/aromatic N) is 5. The van der Waals surface area contributed by atoms with Crippen molar-refractivity contribution >= 4 is 38.4 Å². The van der Waals surface area contributed by atoms with E-state index in [-0.39, 0.29) is 0 Å². The molecule has 0 aliphatic heterocycles. The van der Waals surface area contributed by atoms with Crippen molar-refractivity contribution in [3.63, 3.8) is 0 Å². The lowest BCUT2D eigenvalue weighted by molar-refractivity contribution is 1.10. The van der Waals surface area contributed by atoms with Gasteiger partial charge in [0.25, 0.3) is 0 Å². The number of imidazole rings is 2. The van der Waals surface area contributed by atoms with E-state index in [1.807, 2.05) is 30.3 Å². The molecular weight excluding hydrogens is 611 g/mol. The quantitative estimate of drug-likeness (QED) is 0.176. The second-order valence-electron chi connectivity index (χ2n) is 12.6. The second kappa shape index (κ2) is 11.4. The predicted octanol–water partition coefficient (Wildman–Crippen LogP) is 11.0. The van der Waals surface area contributed by atoms with Gasteiger partial charge >= 0.3 is 0 Å². The van der Waals surface area contributed by atoms with Crippen LogP contribution < -0.4 is 0 Å². The van der Waals surface area contributed by atoms with Crippen molar-refractivity contribution in [2.75, 3.05) is 0 Å². The third kappa shape index (κ3) is 4.60. The smallest absolute Gasteiger partial charge is 0.145 e. The molecule has 0 saturated carbocycles. The average molecular weight is 640 g/mol. The monoisotopic (exact) mass is 639 g/mol. The summed E-state index contributed by atoms with van der Waals surface area (Å²) in [5, 5.41) is 3.30. The first-order valence-corrected chi connectivity index (χ1v) is 16.8. The summed E-state index contributed by atoms with van der Waals surface area (Å²) in [6.45, 7) is 0. The maximum absolute atomic E-state index is 5.41. The molecule has 0 radical (unpaired) electrons. The first kappa shape index (κ1) is 28.2. The van der Waals surface area contributed by atoms with Crippen LogP contribution in [0.3, 0.4) is 0 Å². The van der Waals surface area contributed by atoms with Crippen LogP contribution in [-0.4, -0.2) is 23.9 Å². The number of para-hydroxylation sites is 2. The van der Waals surface area contributed by atoms with Crippen molar-refractivity contribution in [3.05, 3.63) is 176 Å². The summed E-state index contributed by atoms with van der Waals surface area (Å²) < 4.78 is 4.37. The van der Waals surface area contributed by atoms with Crippen molar-refractivity contribution in [1.29, 1.82) is 0 Å². The van der Waals surface area contributed by atoms with Gasteiger partial charge in [-0.3, -0.25) is 4.57 Å². The molecule has 0 spiro atoms. The van der Waals surface area contributed by atoms with Crippen molar-refractivity contribution in [3.8, 4) is 50.7 Å². The van der Waals surface area contributed by atoms with Crippen molar-refractivity contribution < 1.29 is 0 Å². The number of fused-ring (bicyclic) bond motifs is 6. The highest BCUT2D eigenvalue weighted by Gasteiger charge is 2.20. The van der Waals surface area contributed by atoms with E-state index < -0.39 is 0 Å². The zero-order valence-corrected chi connectivity index (χ0v) is 27.0. The van der Waals surface area contributed by atoms with Gasteiger partial charge in [-0.05, 0) is 52.9 Å². The summed E-state index contributed by atoms with van der Waals surface area (Å²) in [7, 11) is 0. The Bertz CT molecular complexity index is 2840. The Morgan fingerprint density at radius 1 is 0.420 bits per heavy atom. The van der Waals surface area contributed by atoms with Crippen LogP contribution in [0.15, 0.2) is 176 Å². The maximum Gasteiger partial charge on any atom is 0.145 e. The van der Waals surface area contributed by atoms with Gasteiger partial charge in [0.1, 0.15) is 11.5 Å². The fraction of sp³-hybridized carbons (Fsp3) is 0. The van der Waals surface area contributed by atoms with Crippen LogP contribution in [0.2, 0.25) is 0 Å². The molecule has 234 valence electrons. The lowest BCUT2D eigenvalue weighted by Crippen LogP contribution is -1.97. The van der Waals surface area contributed by atoms with Gasteiger partial charge in [0.2, 0.25) is 0 Å². The predicted molar refractivity (Wildman–Crippen MR) is 204 cm³/mol. The summed E-state index contributed by atoms with van der Waals surface area (Å²) in [4.78, 5) is 15.6. The molecule has 4 aromatic heterocycles. The molecule has 0 aliphatic carbocycles. The minimum atomic E-state index is 0.902. The van der Waals surface area contributed by atoms with Gasteiger partial charge in [0.15, 0.2) is 0 Å². The molecule has 0 amide bonds. The van der Waals surface area contributed by atoms with Crippen LogP contribution in [0.5, 0.6) is 0 Å². The van der Waals surface area contributed by atoms with Gasteiger partial charge < -0.3 is 4.40 Å². The maximum atomic E-state index is 5.41. The molecule has 5 nitrogen and oxygen atoms in total. The topological polar surface area (TPSA) is 48.0 Å². The molecule has 10 rings (SSSR count). The average Bonchev–Trinajstić information content (AvgIpc) is 3.81. The van der Waals surface area contributed by atoms with E-state index in [0.717, 1.165) is 89.1 Å². The summed E-state index contributed by atoms with van der Waals surface area (Å²) in [6, 6.07) is 57.0. The van der Waals surface area contributed by atoms with E-state index >= 15 is 0 Å². The lowest BCUT2D eigenvalue weighted by atomic mass is 9.97. The molecule has 10 aromatic rings. The minimum absolute atomic E-state index is 0.902. The van der Waals surface area contributed by atoms with Crippen molar-refractivity contribution in [2.24, 2.45) is 0 Å². The Morgan fingerprint density at radius 3 is 1.86 bits per heavy atom. The zero-order chi connectivity index (χ0) is 33.0. The highest BCUT2D eigenvalue weighted by molar-refractivity contribution is 6.20. The first-order valence-electron chi connectivity index (χ1n) is 16.8. The SMILES string of the molecule is c1ccc(-c2cn3cc(-c4ccc(-c5nc6ccccc6c6ccc7c(nc(-c8ccccc8)n7-c7ccccc7)c56)cc4)ccc3n2)cc1. The molecular formula is C45H29N5. The standard InChI is InChI=1S/C45H29N5/c1-4-12-31(13-5-1)39-29-49-28-34(24-27-41(49)46-39)30-20-22-32(23-21-30)43-42-37(36-18-10-11-19-38(36)47-43)25-26-40-44(42)48-45(33-14-6-2-7-15-33)50(40)35-16-8-3-9-17-35/h1-29H. The minimum Gasteiger partial charge on any atom is -0.306 e. The molecule has 0 saturated heterocycles. The zero-order valence-electron chi connectivity index (χ0n) is 27.0.